The van der Waals surface area contributed by atoms with Gasteiger partial charge in [-0.2, -0.15) is 0 Å². The lowest BCUT2D eigenvalue weighted by Crippen LogP contribution is -3.00. The Morgan fingerprint density at radius 1 is 0.931 bits per heavy atom. The smallest absolute Gasteiger partial charge is 0.304 e. The Morgan fingerprint density at radius 2 is 1.62 bits per heavy atom. The predicted octanol–water partition coefficient (Wildman–Crippen LogP) is 3.12. The van der Waals surface area contributed by atoms with Gasteiger partial charge in [0.25, 0.3) is 5.13 Å². The van der Waals surface area contributed by atoms with Gasteiger partial charge in [0.1, 0.15) is 0 Å². The first-order valence-electron chi connectivity index (χ1n) is 9.26. The van der Waals surface area contributed by atoms with Gasteiger partial charge in [-0.15, -0.1) is 11.8 Å². The fourth-order valence-electron chi connectivity index (χ4n) is 2.95. The van der Waals surface area contributed by atoms with E-state index in [9.17, 15) is 0 Å². The van der Waals surface area contributed by atoms with Crippen LogP contribution in [0.1, 0.15) is 12.5 Å². The minimum Gasteiger partial charge on any atom is -1.00 e. The highest BCUT2D eigenvalue weighted by molar-refractivity contribution is 7.98. The van der Waals surface area contributed by atoms with Crippen molar-refractivity contribution in [1.82, 2.24) is 5.10 Å². The maximum Gasteiger partial charge on any atom is 0.304 e. The second kappa shape index (κ2) is 9.92. The number of halogens is 1. The zero-order chi connectivity index (χ0) is 19.3. The summed E-state index contributed by atoms with van der Waals surface area (Å²) in [6, 6.07) is 27.5. The van der Waals surface area contributed by atoms with Crippen LogP contribution in [-0.4, -0.2) is 11.4 Å². The molecule has 1 aromatic heterocycles. The first-order valence-corrected chi connectivity index (χ1v) is 11.3. The third kappa shape index (κ3) is 4.99. The molecule has 0 aliphatic carbocycles. The minimum absolute atomic E-state index is 0. The van der Waals surface area contributed by atoms with Crippen LogP contribution in [0.15, 0.2) is 83.8 Å². The fraction of sp³-hybridized carbons (Fsp3) is 0.130. The summed E-state index contributed by atoms with van der Waals surface area (Å²) in [5.74, 6) is 0. The maximum atomic E-state index is 4.86. The Labute approximate surface area is 186 Å². The van der Waals surface area contributed by atoms with Gasteiger partial charge in [0.15, 0.2) is 0 Å². The summed E-state index contributed by atoms with van der Waals surface area (Å²) in [6.45, 7) is 2.17. The molecule has 6 heteroatoms. The summed E-state index contributed by atoms with van der Waals surface area (Å²) in [5, 5.41) is 10.3. The van der Waals surface area contributed by atoms with Crippen LogP contribution in [-0.2, 0) is 6.42 Å². The summed E-state index contributed by atoms with van der Waals surface area (Å²) in [5.41, 5.74) is 4.60. The van der Waals surface area contributed by atoms with Gasteiger partial charge in [-0.05, 0) is 70.7 Å². The van der Waals surface area contributed by atoms with Gasteiger partial charge < -0.3 is 17.7 Å². The number of thioether (sulfide) groups is 1. The molecule has 0 amide bonds. The van der Waals surface area contributed by atoms with E-state index in [1.54, 1.807) is 23.1 Å². The molecule has 3 nitrogen and oxygen atoms in total. The van der Waals surface area contributed by atoms with Gasteiger partial charge in [-0.25, -0.2) is 0 Å². The molecule has 4 rings (SSSR count). The summed E-state index contributed by atoms with van der Waals surface area (Å²) in [4.78, 5) is 1.26. The first-order chi connectivity index (χ1) is 13.8. The molecule has 3 aromatic carbocycles. The molecule has 148 valence electrons. The van der Waals surface area contributed by atoms with Gasteiger partial charge in [-0.1, -0.05) is 37.3 Å². The Hall–Kier alpha value is -2.34. The van der Waals surface area contributed by atoms with Crippen LogP contribution in [0.5, 0.6) is 0 Å². The number of benzene rings is 3. The summed E-state index contributed by atoms with van der Waals surface area (Å²) >= 11 is 3.41. The van der Waals surface area contributed by atoms with E-state index >= 15 is 0 Å². The van der Waals surface area contributed by atoms with Crippen molar-refractivity contribution < 1.29 is 17.1 Å². The summed E-state index contributed by atoms with van der Waals surface area (Å²) < 4.78 is 2.02. The highest BCUT2D eigenvalue weighted by atomic mass is 35.5. The molecule has 0 saturated carbocycles. The number of aromatic nitrogens is 2. The zero-order valence-electron chi connectivity index (χ0n) is 16.3. The van der Waals surface area contributed by atoms with Crippen LogP contribution in [0.2, 0.25) is 0 Å². The molecule has 1 N–H and O–H groups in total. The van der Waals surface area contributed by atoms with Crippen molar-refractivity contribution in [3.05, 3.63) is 84.4 Å². The normalized spacial score (nSPS) is 10.4. The number of nitrogens with one attached hydrogen (secondary N) is 1. The molecule has 0 aliphatic rings. The highest BCUT2D eigenvalue weighted by Gasteiger charge is 2.24. The molecular formula is C23H22ClN3S2. The first kappa shape index (κ1) is 21.4. The molecule has 0 saturated heterocycles. The average Bonchev–Trinajstić information content (AvgIpc) is 3.19. The topological polar surface area (TPSA) is 28.8 Å². The Balaban J connectivity index is 0.00000240. The third-order valence-corrected chi connectivity index (χ3v) is 6.25. The fourth-order valence-corrected chi connectivity index (χ4v) is 4.32. The van der Waals surface area contributed by atoms with E-state index in [2.05, 4.69) is 79.2 Å². The largest absolute Gasteiger partial charge is 1.00 e. The van der Waals surface area contributed by atoms with Gasteiger partial charge >= 0.3 is 5.01 Å². The van der Waals surface area contributed by atoms with Crippen LogP contribution in [0.4, 0.5) is 10.8 Å². The quantitative estimate of drug-likeness (QED) is 0.369. The van der Waals surface area contributed by atoms with Gasteiger partial charge in [0, 0.05) is 27.8 Å². The molecular weight excluding hydrogens is 418 g/mol. The molecule has 0 fully saturated rings. The Morgan fingerprint density at radius 3 is 2.24 bits per heavy atom. The van der Waals surface area contributed by atoms with Crippen molar-refractivity contribution >= 4 is 33.9 Å². The standard InChI is InChI=1S/C23H22N3S2.ClH/c1-3-17-9-13-19(14-10-17)24-23-25-26(20-7-5-4-6-8-20)22(28-23)18-11-15-21(27-2)16-12-18;/h4-16H,3H2,1-2H3,(H,24,25);1H/q+1;/p-1. The monoisotopic (exact) mass is 439 g/mol. The lowest BCUT2D eigenvalue weighted by molar-refractivity contribution is -0.642. The third-order valence-electron chi connectivity index (χ3n) is 4.53. The van der Waals surface area contributed by atoms with Crippen LogP contribution in [0, 0.1) is 0 Å². The molecule has 0 atom stereocenters. The van der Waals surface area contributed by atoms with E-state index in [4.69, 9.17) is 5.10 Å². The van der Waals surface area contributed by atoms with Crippen molar-refractivity contribution in [2.75, 3.05) is 11.6 Å². The van der Waals surface area contributed by atoms with E-state index < -0.39 is 0 Å². The SMILES string of the molecule is CCc1ccc(Nc2n[n+](-c3ccccc3)c(-c3ccc(SC)cc3)s2)cc1.[Cl-]. The Kier molecular flexibility index (Phi) is 7.31. The van der Waals surface area contributed by atoms with Crippen molar-refractivity contribution in [1.29, 1.82) is 0 Å². The van der Waals surface area contributed by atoms with Gasteiger partial charge in [0.05, 0.1) is 5.56 Å². The van der Waals surface area contributed by atoms with E-state index in [1.807, 2.05) is 22.9 Å². The molecule has 0 aliphatic heterocycles. The van der Waals surface area contributed by atoms with E-state index in [1.165, 1.54) is 10.5 Å². The van der Waals surface area contributed by atoms with E-state index in [-0.39, 0.29) is 12.4 Å². The number of para-hydroxylation sites is 1. The number of hydrogen-bond acceptors (Lipinski definition) is 4. The van der Waals surface area contributed by atoms with Gasteiger partial charge in [0.2, 0.25) is 5.69 Å². The van der Waals surface area contributed by atoms with Crippen LogP contribution >= 0.6 is 23.1 Å². The molecule has 4 aromatic rings. The van der Waals surface area contributed by atoms with Crippen LogP contribution in [0.3, 0.4) is 0 Å². The lowest BCUT2D eigenvalue weighted by atomic mass is 10.1. The number of aryl methyl sites for hydroxylation is 1. The number of hydrogen-bond donors (Lipinski definition) is 1. The molecule has 1 heterocycles. The summed E-state index contributed by atoms with van der Waals surface area (Å²) in [6.07, 6.45) is 3.14. The highest BCUT2D eigenvalue weighted by Crippen LogP contribution is 2.30. The van der Waals surface area contributed by atoms with Crippen molar-refractivity contribution in [3.8, 4) is 16.3 Å². The zero-order valence-corrected chi connectivity index (χ0v) is 18.7. The van der Waals surface area contributed by atoms with Gasteiger partial charge in [-0.3, -0.25) is 0 Å². The molecule has 0 bridgehead atoms. The maximum absolute atomic E-state index is 4.86. The molecule has 0 spiro atoms. The Bertz CT molecular complexity index is 1050. The second-order valence-corrected chi connectivity index (χ2v) is 8.22. The minimum atomic E-state index is 0. The number of nitrogens with zero attached hydrogens (tertiary/aromatic N) is 2. The van der Waals surface area contributed by atoms with Crippen molar-refractivity contribution in [2.24, 2.45) is 0 Å². The van der Waals surface area contributed by atoms with Crippen LogP contribution in [0.25, 0.3) is 16.3 Å². The van der Waals surface area contributed by atoms with E-state index in [0.717, 1.165) is 33.5 Å². The molecule has 29 heavy (non-hydrogen) atoms. The van der Waals surface area contributed by atoms with Crippen LogP contribution < -0.4 is 22.4 Å². The van der Waals surface area contributed by atoms with E-state index in [0.29, 0.717) is 0 Å². The molecule has 0 unspecified atom stereocenters. The predicted molar refractivity (Wildman–Crippen MR) is 120 cm³/mol. The number of anilines is 2. The average molecular weight is 440 g/mol. The van der Waals surface area contributed by atoms with Crippen molar-refractivity contribution in [3.63, 3.8) is 0 Å². The van der Waals surface area contributed by atoms with Crippen molar-refractivity contribution in [2.45, 2.75) is 18.2 Å². The second-order valence-electron chi connectivity index (χ2n) is 6.36. The summed E-state index contributed by atoms with van der Waals surface area (Å²) in [7, 11) is 0. The number of rotatable bonds is 6. The molecule has 0 radical (unpaired) electrons. The lowest BCUT2D eigenvalue weighted by Gasteiger charge is -2.01.